The quantitative estimate of drug-likeness (QED) is 0.226. The smallest absolute Gasteiger partial charge is 0.243 e. The van der Waals surface area contributed by atoms with Crippen molar-refractivity contribution >= 4 is 5.91 Å². The number of carbonyl (C=O) groups is 1. The summed E-state index contributed by atoms with van der Waals surface area (Å²) in [6.07, 6.45) is 26.3. The van der Waals surface area contributed by atoms with Crippen LogP contribution in [0.5, 0.6) is 0 Å². The highest BCUT2D eigenvalue weighted by Gasteiger charge is 2.22. The van der Waals surface area contributed by atoms with Gasteiger partial charge < -0.3 is 5.32 Å². The van der Waals surface area contributed by atoms with Crippen LogP contribution in [0.3, 0.4) is 0 Å². The molecule has 0 aromatic rings. The molecule has 26 heavy (non-hydrogen) atoms. The molecule has 1 aliphatic carbocycles. The van der Waals surface area contributed by atoms with Crippen LogP contribution in [0.1, 0.15) is 122 Å². The average Bonchev–Trinajstić information content (AvgIpc) is 2.65. The number of amides is 1. The predicted molar refractivity (Wildman–Crippen MR) is 114 cm³/mol. The molecule has 0 bridgehead atoms. The lowest BCUT2D eigenvalue weighted by Crippen LogP contribution is -2.37. The van der Waals surface area contributed by atoms with Crippen molar-refractivity contribution in [1.29, 1.82) is 0 Å². The molecule has 2 heteroatoms. The van der Waals surface area contributed by atoms with Gasteiger partial charge in [0, 0.05) is 6.04 Å². The lowest BCUT2D eigenvalue weighted by molar-refractivity contribution is -0.117. The van der Waals surface area contributed by atoms with Crippen molar-refractivity contribution in [2.45, 2.75) is 129 Å². The van der Waals surface area contributed by atoms with Gasteiger partial charge in [0.1, 0.15) is 0 Å². The van der Waals surface area contributed by atoms with Crippen molar-refractivity contribution in [2.75, 3.05) is 0 Å². The summed E-state index contributed by atoms with van der Waals surface area (Å²) in [5.74, 6) is 0.822. The van der Waals surface area contributed by atoms with Gasteiger partial charge in [-0.15, -0.1) is 0 Å². The Morgan fingerprint density at radius 2 is 1.42 bits per heavy atom. The largest absolute Gasteiger partial charge is 0.350 e. The van der Waals surface area contributed by atoms with Crippen LogP contribution in [0.15, 0.2) is 12.7 Å². The van der Waals surface area contributed by atoms with E-state index in [-0.39, 0.29) is 5.91 Å². The summed E-state index contributed by atoms with van der Waals surface area (Å²) in [5.41, 5.74) is 0. The van der Waals surface area contributed by atoms with Crippen LogP contribution in [-0.4, -0.2) is 11.9 Å². The SMILES string of the molecule is C=CC(=O)NC1CCCC(CCCCCCCCCCCCCCC)C1. The molecule has 0 radical (unpaired) electrons. The fourth-order valence-electron chi connectivity index (χ4n) is 4.40. The van der Waals surface area contributed by atoms with Gasteiger partial charge in [0.25, 0.3) is 0 Å². The minimum atomic E-state index is -0.00314. The summed E-state index contributed by atoms with van der Waals surface area (Å²) in [7, 11) is 0. The third-order valence-corrected chi connectivity index (χ3v) is 6.03. The average molecular weight is 364 g/mol. The molecule has 1 fully saturated rings. The maximum absolute atomic E-state index is 11.4. The fourth-order valence-corrected chi connectivity index (χ4v) is 4.40. The highest BCUT2D eigenvalue weighted by atomic mass is 16.1. The Kier molecular flexibility index (Phi) is 14.7. The van der Waals surface area contributed by atoms with Gasteiger partial charge in [-0.1, -0.05) is 116 Å². The molecule has 0 aromatic heterocycles. The molecular formula is C24H45NO. The van der Waals surface area contributed by atoms with E-state index >= 15 is 0 Å². The maximum atomic E-state index is 11.4. The molecule has 0 heterocycles. The number of hydrogen-bond donors (Lipinski definition) is 1. The number of nitrogens with one attached hydrogen (secondary N) is 1. The van der Waals surface area contributed by atoms with Crippen LogP contribution in [0.25, 0.3) is 0 Å². The van der Waals surface area contributed by atoms with Crippen LogP contribution in [0, 0.1) is 5.92 Å². The van der Waals surface area contributed by atoms with E-state index in [2.05, 4.69) is 18.8 Å². The van der Waals surface area contributed by atoms with Crippen LogP contribution >= 0.6 is 0 Å². The predicted octanol–water partition coefficient (Wildman–Crippen LogP) is 7.33. The van der Waals surface area contributed by atoms with Gasteiger partial charge >= 0.3 is 0 Å². The molecule has 0 aromatic carbocycles. The first-order valence-corrected chi connectivity index (χ1v) is 11.7. The Balaban J connectivity index is 1.86. The molecule has 2 nitrogen and oxygen atoms in total. The summed E-state index contributed by atoms with van der Waals surface area (Å²) >= 11 is 0. The highest BCUT2D eigenvalue weighted by Crippen LogP contribution is 2.28. The highest BCUT2D eigenvalue weighted by molar-refractivity contribution is 5.87. The molecule has 0 saturated heterocycles. The number of unbranched alkanes of at least 4 members (excludes halogenated alkanes) is 12. The molecule has 2 unspecified atom stereocenters. The minimum Gasteiger partial charge on any atom is -0.350 e. The van der Waals surface area contributed by atoms with Crippen molar-refractivity contribution in [3.05, 3.63) is 12.7 Å². The third-order valence-electron chi connectivity index (χ3n) is 6.03. The second-order valence-electron chi connectivity index (χ2n) is 8.47. The van der Waals surface area contributed by atoms with Gasteiger partial charge in [0.15, 0.2) is 0 Å². The van der Waals surface area contributed by atoms with E-state index in [0.29, 0.717) is 6.04 Å². The zero-order valence-electron chi connectivity index (χ0n) is 17.6. The van der Waals surface area contributed by atoms with Crippen molar-refractivity contribution in [1.82, 2.24) is 5.32 Å². The number of hydrogen-bond acceptors (Lipinski definition) is 1. The van der Waals surface area contributed by atoms with E-state index in [1.807, 2.05) is 0 Å². The van der Waals surface area contributed by atoms with Crippen LogP contribution in [0.4, 0.5) is 0 Å². The first-order valence-electron chi connectivity index (χ1n) is 11.7. The van der Waals surface area contributed by atoms with E-state index in [1.165, 1.54) is 115 Å². The van der Waals surface area contributed by atoms with E-state index in [0.717, 1.165) is 12.3 Å². The zero-order valence-corrected chi connectivity index (χ0v) is 17.6. The summed E-state index contributed by atoms with van der Waals surface area (Å²) in [5, 5.41) is 3.09. The Hall–Kier alpha value is -0.790. The van der Waals surface area contributed by atoms with Gasteiger partial charge in [0.2, 0.25) is 5.91 Å². The number of rotatable bonds is 16. The van der Waals surface area contributed by atoms with Crippen LogP contribution in [0.2, 0.25) is 0 Å². The van der Waals surface area contributed by atoms with E-state index in [1.54, 1.807) is 0 Å². The van der Waals surface area contributed by atoms with E-state index < -0.39 is 0 Å². The second-order valence-corrected chi connectivity index (χ2v) is 8.47. The van der Waals surface area contributed by atoms with Gasteiger partial charge in [0.05, 0.1) is 0 Å². The first kappa shape index (κ1) is 23.2. The summed E-state index contributed by atoms with van der Waals surface area (Å²) in [6, 6.07) is 0.390. The maximum Gasteiger partial charge on any atom is 0.243 e. The lowest BCUT2D eigenvalue weighted by Gasteiger charge is -2.29. The second kappa shape index (κ2) is 16.4. The topological polar surface area (TPSA) is 29.1 Å². The Morgan fingerprint density at radius 3 is 1.96 bits per heavy atom. The Labute approximate surface area is 163 Å². The fraction of sp³-hybridized carbons (Fsp3) is 0.875. The van der Waals surface area contributed by atoms with Crippen LogP contribution < -0.4 is 5.32 Å². The van der Waals surface area contributed by atoms with E-state index in [4.69, 9.17) is 0 Å². The van der Waals surface area contributed by atoms with Crippen molar-refractivity contribution in [3.8, 4) is 0 Å². The molecule has 1 saturated carbocycles. The molecule has 1 N–H and O–H groups in total. The standard InChI is InChI=1S/C24H45NO/c1-3-5-6-7-8-9-10-11-12-13-14-15-16-18-22-19-17-20-23(21-22)25-24(26)4-2/h4,22-23H,2-3,5-21H2,1H3,(H,25,26). The summed E-state index contributed by atoms with van der Waals surface area (Å²) < 4.78 is 0. The lowest BCUT2D eigenvalue weighted by atomic mass is 9.82. The number of carbonyl (C=O) groups excluding carboxylic acids is 1. The molecule has 0 spiro atoms. The van der Waals surface area contributed by atoms with Gasteiger partial charge in [-0.05, 0) is 24.8 Å². The third kappa shape index (κ3) is 12.5. The molecule has 1 rings (SSSR count). The minimum absolute atomic E-state index is 0.00314. The van der Waals surface area contributed by atoms with Gasteiger partial charge in [-0.2, -0.15) is 0 Å². The first-order chi connectivity index (χ1) is 12.8. The Bertz CT molecular complexity index is 352. The van der Waals surface area contributed by atoms with Crippen molar-refractivity contribution in [3.63, 3.8) is 0 Å². The molecule has 1 aliphatic rings. The van der Waals surface area contributed by atoms with Crippen molar-refractivity contribution in [2.24, 2.45) is 5.92 Å². The molecule has 1 amide bonds. The van der Waals surface area contributed by atoms with Gasteiger partial charge in [-0.3, -0.25) is 4.79 Å². The summed E-state index contributed by atoms with van der Waals surface area (Å²) in [4.78, 5) is 11.4. The van der Waals surface area contributed by atoms with Gasteiger partial charge in [-0.25, -0.2) is 0 Å². The van der Waals surface area contributed by atoms with E-state index in [9.17, 15) is 4.79 Å². The van der Waals surface area contributed by atoms with Crippen LogP contribution in [-0.2, 0) is 4.79 Å². The molecule has 0 aliphatic heterocycles. The summed E-state index contributed by atoms with van der Waals surface area (Å²) in [6.45, 7) is 5.84. The molecule has 2 atom stereocenters. The molecular weight excluding hydrogens is 318 g/mol. The zero-order chi connectivity index (χ0) is 18.9. The monoisotopic (exact) mass is 363 g/mol. The molecule has 152 valence electrons. The van der Waals surface area contributed by atoms with Crippen molar-refractivity contribution < 1.29 is 4.79 Å². The Morgan fingerprint density at radius 1 is 0.885 bits per heavy atom. The normalized spacial score (nSPS) is 20.0.